The Hall–Kier alpha value is -0.540. The summed E-state index contributed by atoms with van der Waals surface area (Å²) in [5.41, 5.74) is 1.86. The summed E-state index contributed by atoms with van der Waals surface area (Å²) < 4.78 is 5.82. The highest BCUT2D eigenvalue weighted by Crippen LogP contribution is 2.25. The molecular formula is C10H10BrClO2. The van der Waals surface area contributed by atoms with E-state index in [1.165, 1.54) is 6.92 Å². The summed E-state index contributed by atoms with van der Waals surface area (Å²) >= 11 is 9.36. The first-order valence-electron chi connectivity index (χ1n) is 4.08. The molecule has 76 valence electrons. The van der Waals surface area contributed by atoms with Crippen molar-refractivity contribution in [1.82, 2.24) is 0 Å². The number of esters is 1. The smallest absolute Gasteiger partial charge is 0.302 e. The summed E-state index contributed by atoms with van der Waals surface area (Å²) in [4.78, 5) is 10.6. The van der Waals surface area contributed by atoms with Crippen molar-refractivity contribution in [1.29, 1.82) is 0 Å². The van der Waals surface area contributed by atoms with E-state index < -0.39 is 0 Å². The van der Waals surface area contributed by atoms with Crippen LogP contribution in [-0.4, -0.2) is 5.97 Å². The maximum Gasteiger partial charge on any atom is 0.302 e. The van der Waals surface area contributed by atoms with E-state index in [0.29, 0.717) is 5.02 Å². The van der Waals surface area contributed by atoms with E-state index in [2.05, 4.69) is 15.9 Å². The Morgan fingerprint density at radius 3 is 2.79 bits per heavy atom. The van der Waals surface area contributed by atoms with Crippen molar-refractivity contribution in [2.45, 2.75) is 20.5 Å². The van der Waals surface area contributed by atoms with Crippen molar-refractivity contribution in [2.24, 2.45) is 0 Å². The fourth-order valence-corrected chi connectivity index (χ4v) is 1.64. The minimum absolute atomic E-state index is 0.215. The van der Waals surface area contributed by atoms with E-state index >= 15 is 0 Å². The number of rotatable bonds is 2. The summed E-state index contributed by atoms with van der Waals surface area (Å²) in [6.07, 6.45) is 0. The highest BCUT2D eigenvalue weighted by Gasteiger charge is 2.05. The zero-order valence-electron chi connectivity index (χ0n) is 7.93. The van der Waals surface area contributed by atoms with Crippen LogP contribution in [0.15, 0.2) is 16.6 Å². The molecular weight excluding hydrogens is 267 g/mol. The Bertz CT molecular complexity index is 363. The predicted octanol–water partition coefficient (Wildman–Crippen LogP) is 3.47. The largest absolute Gasteiger partial charge is 0.461 e. The highest BCUT2D eigenvalue weighted by atomic mass is 79.9. The quantitative estimate of drug-likeness (QED) is 0.774. The number of halogens is 2. The molecule has 0 amide bonds. The van der Waals surface area contributed by atoms with Gasteiger partial charge in [-0.05, 0) is 24.6 Å². The van der Waals surface area contributed by atoms with E-state index in [9.17, 15) is 4.79 Å². The van der Waals surface area contributed by atoms with Crippen LogP contribution in [0, 0.1) is 6.92 Å². The van der Waals surface area contributed by atoms with Crippen molar-refractivity contribution < 1.29 is 9.53 Å². The molecule has 0 bridgehead atoms. The molecule has 2 nitrogen and oxygen atoms in total. The molecule has 1 rings (SSSR count). The van der Waals surface area contributed by atoms with Crippen LogP contribution < -0.4 is 0 Å². The third-order valence-electron chi connectivity index (χ3n) is 1.76. The van der Waals surface area contributed by atoms with Gasteiger partial charge in [0.05, 0.1) is 0 Å². The molecule has 0 saturated heterocycles. The number of aryl methyl sites for hydroxylation is 1. The predicted molar refractivity (Wildman–Crippen MR) is 59.4 cm³/mol. The Balaban J connectivity index is 2.87. The van der Waals surface area contributed by atoms with Crippen LogP contribution in [0.25, 0.3) is 0 Å². The normalized spacial score (nSPS) is 10.0. The van der Waals surface area contributed by atoms with Crippen LogP contribution in [-0.2, 0) is 16.1 Å². The molecule has 0 aliphatic heterocycles. The third-order valence-corrected chi connectivity index (χ3v) is 2.96. The summed E-state index contributed by atoms with van der Waals surface area (Å²) in [6, 6.07) is 3.70. The third kappa shape index (κ3) is 3.00. The molecule has 14 heavy (non-hydrogen) atoms. The van der Waals surface area contributed by atoms with Gasteiger partial charge in [0.1, 0.15) is 6.61 Å². The van der Waals surface area contributed by atoms with Gasteiger partial charge in [0.2, 0.25) is 0 Å². The maximum absolute atomic E-state index is 10.6. The van der Waals surface area contributed by atoms with Crippen molar-refractivity contribution in [3.05, 3.63) is 32.8 Å². The molecule has 0 fully saturated rings. The molecule has 4 heteroatoms. The molecule has 0 spiro atoms. The summed E-state index contributed by atoms with van der Waals surface area (Å²) in [5.74, 6) is -0.308. The van der Waals surface area contributed by atoms with Crippen LogP contribution in [0.4, 0.5) is 0 Å². The minimum atomic E-state index is -0.308. The first kappa shape index (κ1) is 11.5. The van der Waals surface area contributed by atoms with E-state index in [1.807, 2.05) is 19.1 Å². The monoisotopic (exact) mass is 276 g/mol. The molecule has 1 aromatic rings. The van der Waals surface area contributed by atoms with Crippen LogP contribution in [0.3, 0.4) is 0 Å². The van der Waals surface area contributed by atoms with Crippen LogP contribution in [0.5, 0.6) is 0 Å². The second-order valence-corrected chi connectivity index (χ2v) is 4.23. The van der Waals surface area contributed by atoms with Crippen LogP contribution >= 0.6 is 27.5 Å². The zero-order chi connectivity index (χ0) is 10.7. The van der Waals surface area contributed by atoms with Gasteiger partial charge in [0.15, 0.2) is 0 Å². The van der Waals surface area contributed by atoms with E-state index in [1.54, 1.807) is 0 Å². The van der Waals surface area contributed by atoms with Crippen molar-refractivity contribution >= 4 is 33.5 Å². The fraction of sp³-hybridized carbons (Fsp3) is 0.300. The van der Waals surface area contributed by atoms with Gasteiger partial charge in [0.25, 0.3) is 0 Å². The molecule has 0 atom stereocenters. The molecule has 0 radical (unpaired) electrons. The van der Waals surface area contributed by atoms with Crippen molar-refractivity contribution in [2.75, 3.05) is 0 Å². The highest BCUT2D eigenvalue weighted by molar-refractivity contribution is 9.10. The first-order valence-corrected chi connectivity index (χ1v) is 5.25. The Morgan fingerprint density at radius 1 is 1.57 bits per heavy atom. The topological polar surface area (TPSA) is 26.3 Å². The second-order valence-electron chi connectivity index (χ2n) is 2.97. The number of benzene rings is 1. The number of carbonyl (C=O) groups excluding carboxylic acids is 1. The molecule has 0 saturated carbocycles. The molecule has 1 aromatic carbocycles. The molecule has 0 unspecified atom stereocenters. The van der Waals surface area contributed by atoms with E-state index in [-0.39, 0.29) is 12.6 Å². The lowest BCUT2D eigenvalue weighted by Crippen LogP contribution is -1.99. The van der Waals surface area contributed by atoms with Gasteiger partial charge in [-0.2, -0.15) is 0 Å². The zero-order valence-corrected chi connectivity index (χ0v) is 10.3. The van der Waals surface area contributed by atoms with Gasteiger partial charge in [-0.3, -0.25) is 4.79 Å². The number of hydrogen-bond donors (Lipinski definition) is 0. The standard InChI is InChI=1S/C10H10BrClO2/c1-6-3-10(12)8(4-9(6)11)5-14-7(2)13/h3-4H,5H2,1-2H3. The van der Waals surface area contributed by atoms with Crippen molar-refractivity contribution in [3.8, 4) is 0 Å². The average Bonchev–Trinajstić information content (AvgIpc) is 2.09. The average molecular weight is 278 g/mol. The molecule has 0 N–H and O–H groups in total. The van der Waals surface area contributed by atoms with Gasteiger partial charge in [-0.15, -0.1) is 0 Å². The second kappa shape index (κ2) is 4.80. The fourth-order valence-electron chi connectivity index (χ4n) is 0.977. The minimum Gasteiger partial charge on any atom is -0.461 e. The Morgan fingerprint density at radius 2 is 2.21 bits per heavy atom. The van der Waals surface area contributed by atoms with Gasteiger partial charge in [0, 0.05) is 22.0 Å². The van der Waals surface area contributed by atoms with Crippen LogP contribution in [0.1, 0.15) is 18.1 Å². The maximum atomic E-state index is 10.6. The molecule has 0 heterocycles. The number of carbonyl (C=O) groups is 1. The van der Waals surface area contributed by atoms with Gasteiger partial charge < -0.3 is 4.74 Å². The number of hydrogen-bond acceptors (Lipinski definition) is 2. The molecule has 0 aliphatic carbocycles. The summed E-state index contributed by atoms with van der Waals surface area (Å²) in [7, 11) is 0. The van der Waals surface area contributed by atoms with Crippen molar-refractivity contribution in [3.63, 3.8) is 0 Å². The first-order chi connectivity index (χ1) is 6.50. The number of ether oxygens (including phenoxy) is 1. The van der Waals surface area contributed by atoms with Gasteiger partial charge >= 0.3 is 5.97 Å². The van der Waals surface area contributed by atoms with Gasteiger partial charge in [-0.25, -0.2) is 0 Å². The lowest BCUT2D eigenvalue weighted by Gasteiger charge is -2.07. The molecule has 0 aliphatic rings. The lowest BCUT2D eigenvalue weighted by molar-refractivity contribution is -0.142. The van der Waals surface area contributed by atoms with E-state index in [4.69, 9.17) is 16.3 Å². The Kier molecular flexibility index (Phi) is 3.96. The molecule has 0 aromatic heterocycles. The summed E-state index contributed by atoms with van der Waals surface area (Å²) in [5, 5.41) is 0.618. The SMILES string of the molecule is CC(=O)OCc1cc(Br)c(C)cc1Cl. The van der Waals surface area contributed by atoms with E-state index in [0.717, 1.165) is 15.6 Å². The van der Waals surface area contributed by atoms with Gasteiger partial charge in [-0.1, -0.05) is 27.5 Å². The summed E-state index contributed by atoms with van der Waals surface area (Å²) in [6.45, 7) is 3.54. The lowest BCUT2D eigenvalue weighted by atomic mass is 10.1. The Labute approximate surface area is 96.3 Å². The van der Waals surface area contributed by atoms with Crippen LogP contribution in [0.2, 0.25) is 5.02 Å².